The van der Waals surface area contributed by atoms with Gasteiger partial charge in [-0.15, -0.1) is 10.2 Å². The standard InChI is InChI=1S/C22H22N4OS/c1-17(19-10-6-3-7-11-19)14-21-24-25-22(27-21)28-16-20-23-12-13-26(20)15-18-8-4-2-5-9-18/h2-13,17H,14-16H2,1H3. The van der Waals surface area contributed by atoms with Crippen molar-refractivity contribution in [2.24, 2.45) is 0 Å². The van der Waals surface area contributed by atoms with Gasteiger partial charge in [0.05, 0.1) is 5.75 Å². The summed E-state index contributed by atoms with van der Waals surface area (Å²) in [5.74, 6) is 2.69. The summed E-state index contributed by atoms with van der Waals surface area (Å²) in [6, 6.07) is 20.8. The molecule has 0 bridgehead atoms. The second-order valence-corrected chi connectivity index (χ2v) is 7.65. The van der Waals surface area contributed by atoms with Gasteiger partial charge in [0.1, 0.15) is 5.82 Å². The van der Waals surface area contributed by atoms with E-state index in [9.17, 15) is 0 Å². The summed E-state index contributed by atoms with van der Waals surface area (Å²) < 4.78 is 7.99. The van der Waals surface area contributed by atoms with E-state index in [4.69, 9.17) is 4.42 Å². The van der Waals surface area contributed by atoms with Crippen molar-refractivity contribution < 1.29 is 4.42 Å². The molecule has 2 aromatic carbocycles. The average molecular weight is 391 g/mol. The molecule has 4 rings (SSSR count). The first-order chi connectivity index (χ1) is 13.8. The van der Waals surface area contributed by atoms with E-state index < -0.39 is 0 Å². The van der Waals surface area contributed by atoms with Gasteiger partial charge in [-0.2, -0.15) is 0 Å². The molecule has 0 aliphatic carbocycles. The second-order valence-electron chi connectivity index (χ2n) is 6.72. The summed E-state index contributed by atoms with van der Waals surface area (Å²) in [4.78, 5) is 4.47. The molecule has 0 amide bonds. The summed E-state index contributed by atoms with van der Waals surface area (Å²) in [6.07, 6.45) is 4.57. The fourth-order valence-electron chi connectivity index (χ4n) is 3.07. The van der Waals surface area contributed by atoms with Crippen LogP contribution in [0.2, 0.25) is 0 Å². The van der Waals surface area contributed by atoms with Crippen LogP contribution in [0.4, 0.5) is 0 Å². The Labute approximate surface area is 168 Å². The number of nitrogens with zero attached hydrogens (tertiary/aromatic N) is 4. The van der Waals surface area contributed by atoms with Gasteiger partial charge < -0.3 is 8.98 Å². The molecule has 4 aromatic rings. The smallest absolute Gasteiger partial charge is 0.277 e. The Kier molecular flexibility index (Phi) is 5.87. The predicted molar refractivity (Wildman–Crippen MR) is 110 cm³/mol. The molecule has 6 heteroatoms. The monoisotopic (exact) mass is 390 g/mol. The molecule has 0 saturated carbocycles. The first-order valence-corrected chi connectivity index (χ1v) is 10.3. The zero-order valence-corrected chi connectivity index (χ0v) is 16.5. The summed E-state index contributed by atoms with van der Waals surface area (Å²) in [5, 5.41) is 8.98. The van der Waals surface area contributed by atoms with E-state index in [1.165, 1.54) is 22.9 Å². The van der Waals surface area contributed by atoms with E-state index >= 15 is 0 Å². The minimum Gasteiger partial charge on any atom is -0.416 e. The fourth-order valence-corrected chi connectivity index (χ4v) is 3.82. The Bertz CT molecular complexity index is 998. The molecular weight excluding hydrogens is 368 g/mol. The maximum absolute atomic E-state index is 5.84. The van der Waals surface area contributed by atoms with Crippen LogP contribution in [0, 0.1) is 0 Å². The van der Waals surface area contributed by atoms with Crippen molar-refractivity contribution in [2.45, 2.75) is 36.8 Å². The van der Waals surface area contributed by atoms with Gasteiger partial charge in [-0.05, 0) is 17.0 Å². The molecule has 2 heterocycles. The highest BCUT2D eigenvalue weighted by atomic mass is 32.2. The van der Waals surface area contributed by atoms with Crippen molar-refractivity contribution in [3.63, 3.8) is 0 Å². The summed E-state index contributed by atoms with van der Waals surface area (Å²) >= 11 is 1.52. The normalized spacial score (nSPS) is 12.2. The maximum Gasteiger partial charge on any atom is 0.277 e. The molecule has 28 heavy (non-hydrogen) atoms. The Morgan fingerprint density at radius 3 is 2.54 bits per heavy atom. The summed E-state index contributed by atoms with van der Waals surface area (Å²) in [7, 11) is 0. The molecule has 0 aliphatic rings. The minimum absolute atomic E-state index is 0.337. The summed E-state index contributed by atoms with van der Waals surface area (Å²) in [5.41, 5.74) is 2.53. The molecule has 1 atom stereocenters. The van der Waals surface area contributed by atoms with Crippen molar-refractivity contribution in [3.8, 4) is 0 Å². The van der Waals surface area contributed by atoms with E-state index in [0.717, 1.165) is 18.8 Å². The number of benzene rings is 2. The number of hydrogen-bond donors (Lipinski definition) is 0. The Balaban J connectivity index is 1.35. The van der Waals surface area contributed by atoms with Crippen LogP contribution >= 0.6 is 11.8 Å². The van der Waals surface area contributed by atoms with Gasteiger partial charge in [0.2, 0.25) is 5.89 Å². The molecule has 0 N–H and O–H groups in total. The van der Waals surface area contributed by atoms with E-state index in [2.05, 4.69) is 75.2 Å². The van der Waals surface area contributed by atoms with Gasteiger partial charge in [-0.3, -0.25) is 0 Å². The van der Waals surface area contributed by atoms with Gasteiger partial charge in [-0.25, -0.2) is 4.98 Å². The quantitative estimate of drug-likeness (QED) is 0.398. The van der Waals surface area contributed by atoms with Crippen LogP contribution in [0.3, 0.4) is 0 Å². The van der Waals surface area contributed by atoms with E-state index in [-0.39, 0.29) is 0 Å². The van der Waals surface area contributed by atoms with Crippen LogP contribution < -0.4 is 0 Å². The third-order valence-electron chi connectivity index (χ3n) is 4.62. The predicted octanol–water partition coefficient (Wildman–Crippen LogP) is 4.95. The van der Waals surface area contributed by atoms with Gasteiger partial charge in [0.25, 0.3) is 5.22 Å². The second kappa shape index (κ2) is 8.89. The minimum atomic E-state index is 0.337. The van der Waals surface area contributed by atoms with Crippen LogP contribution in [0.15, 0.2) is 82.7 Å². The lowest BCUT2D eigenvalue weighted by atomic mass is 9.98. The molecule has 0 radical (unpaired) electrons. The zero-order valence-electron chi connectivity index (χ0n) is 15.7. The highest BCUT2D eigenvalue weighted by Gasteiger charge is 2.13. The van der Waals surface area contributed by atoms with Crippen molar-refractivity contribution in [1.82, 2.24) is 19.7 Å². The topological polar surface area (TPSA) is 56.7 Å². The molecule has 5 nitrogen and oxygen atoms in total. The molecule has 142 valence electrons. The lowest BCUT2D eigenvalue weighted by Gasteiger charge is -2.08. The fraction of sp³-hybridized carbons (Fsp3) is 0.227. The Morgan fingerprint density at radius 2 is 1.75 bits per heavy atom. The number of rotatable bonds is 8. The zero-order chi connectivity index (χ0) is 19.2. The van der Waals surface area contributed by atoms with E-state index in [0.29, 0.717) is 22.8 Å². The highest BCUT2D eigenvalue weighted by molar-refractivity contribution is 7.98. The summed E-state index contributed by atoms with van der Waals surface area (Å²) in [6.45, 7) is 2.98. The Hall–Kier alpha value is -2.86. The van der Waals surface area contributed by atoms with Gasteiger partial charge in [-0.1, -0.05) is 79.3 Å². The highest BCUT2D eigenvalue weighted by Crippen LogP contribution is 2.24. The van der Waals surface area contributed by atoms with Gasteiger partial charge in [0, 0.05) is 25.4 Å². The number of hydrogen-bond acceptors (Lipinski definition) is 5. The van der Waals surface area contributed by atoms with E-state index in [1.54, 1.807) is 0 Å². The van der Waals surface area contributed by atoms with E-state index in [1.807, 2.05) is 24.5 Å². The molecule has 0 aliphatic heterocycles. The largest absolute Gasteiger partial charge is 0.416 e. The van der Waals surface area contributed by atoms with Crippen LogP contribution in [0.5, 0.6) is 0 Å². The van der Waals surface area contributed by atoms with Gasteiger partial charge in [0.15, 0.2) is 0 Å². The third kappa shape index (κ3) is 4.70. The Morgan fingerprint density at radius 1 is 1.00 bits per heavy atom. The SMILES string of the molecule is CC(Cc1nnc(SCc2nccn2Cc2ccccc2)o1)c1ccccc1. The first-order valence-electron chi connectivity index (χ1n) is 9.32. The van der Waals surface area contributed by atoms with Crippen LogP contribution in [-0.2, 0) is 18.7 Å². The number of thioether (sulfide) groups is 1. The molecule has 0 saturated heterocycles. The molecule has 0 fully saturated rings. The number of aromatic nitrogens is 4. The molecule has 1 unspecified atom stereocenters. The van der Waals surface area contributed by atoms with Crippen molar-refractivity contribution in [1.29, 1.82) is 0 Å². The first kappa shape index (κ1) is 18.5. The van der Waals surface area contributed by atoms with Crippen molar-refractivity contribution in [2.75, 3.05) is 0 Å². The number of imidazole rings is 1. The lowest BCUT2D eigenvalue weighted by molar-refractivity contribution is 0.404. The third-order valence-corrected chi connectivity index (χ3v) is 5.43. The average Bonchev–Trinajstić information content (AvgIpc) is 3.37. The van der Waals surface area contributed by atoms with Crippen LogP contribution in [0.25, 0.3) is 0 Å². The van der Waals surface area contributed by atoms with Crippen LogP contribution in [-0.4, -0.2) is 19.7 Å². The van der Waals surface area contributed by atoms with Crippen molar-refractivity contribution >= 4 is 11.8 Å². The van der Waals surface area contributed by atoms with Crippen molar-refractivity contribution in [3.05, 3.63) is 95.9 Å². The molecular formula is C22H22N4OS. The van der Waals surface area contributed by atoms with Gasteiger partial charge >= 0.3 is 0 Å². The molecule has 0 spiro atoms. The molecule has 2 aromatic heterocycles. The maximum atomic E-state index is 5.84. The van der Waals surface area contributed by atoms with Crippen LogP contribution in [0.1, 0.15) is 35.7 Å². The lowest BCUT2D eigenvalue weighted by Crippen LogP contribution is -2.03.